The first-order chi connectivity index (χ1) is 11.5. The number of benzene rings is 1. The molecule has 0 aliphatic heterocycles. The molecule has 1 aliphatic rings. The van der Waals surface area contributed by atoms with Gasteiger partial charge in [0, 0.05) is 5.56 Å². The Hall–Kier alpha value is -2.55. The molecular formula is C18H22N2O4. The highest BCUT2D eigenvalue weighted by atomic mass is 16.5. The smallest absolute Gasteiger partial charge is 0.259 e. The molecule has 1 saturated carbocycles. The molecule has 1 fully saturated rings. The maximum Gasteiger partial charge on any atom is 0.259 e. The lowest BCUT2D eigenvalue weighted by Gasteiger charge is -2.31. The van der Waals surface area contributed by atoms with Crippen molar-refractivity contribution in [1.29, 1.82) is 5.26 Å². The highest BCUT2D eigenvalue weighted by molar-refractivity contribution is 5.94. The van der Waals surface area contributed by atoms with Crippen LogP contribution in [0.5, 0.6) is 11.5 Å². The van der Waals surface area contributed by atoms with Crippen LogP contribution in [-0.4, -0.2) is 30.9 Å². The molecule has 128 valence electrons. The Balaban J connectivity index is 1.98. The van der Waals surface area contributed by atoms with Gasteiger partial charge in [-0.15, -0.1) is 0 Å². The monoisotopic (exact) mass is 330 g/mol. The Bertz CT molecular complexity index is 657. The van der Waals surface area contributed by atoms with Gasteiger partial charge in [0.05, 0.1) is 13.2 Å². The first-order valence-electron chi connectivity index (χ1n) is 8.04. The van der Waals surface area contributed by atoms with Gasteiger partial charge in [-0.1, -0.05) is 19.3 Å². The molecule has 0 heterocycles. The van der Waals surface area contributed by atoms with Crippen LogP contribution in [0, 0.1) is 11.3 Å². The van der Waals surface area contributed by atoms with Crippen molar-refractivity contribution in [2.24, 2.45) is 0 Å². The van der Waals surface area contributed by atoms with Crippen molar-refractivity contribution in [3.05, 3.63) is 23.8 Å². The predicted molar refractivity (Wildman–Crippen MR) is 88.1 cm³/mol. The number of nitriles is 1. The second-order valence-corrected chi connectivity index (χ2v) is 6.01. The molecule has 0 saturated heterocycles. The molecule has 6 heteroatoms. The zero-order chi connectivity index (χ0) is 17.6. The van der Waals surface area contributed by atoms with Gasteiger partial charge < -0.3 is 14.8 Å². The SMILES string of the molecule is COc1cc(C(C)=O)ccc1OCC(=O)NC1(C#N)CCCCC1. The van der Waals surface area contributed by atoms with Crippen LogP contribution in [0.25, 0.3) is 0 Å². The Morgan fingerprint density at radius 1 is 1.25 bits per heavy atom. The van der Waals surface area contributed by atoms with Crippen molar-refractivity contribution in [2.45, 2.75) is 44.6 Å². The average Bonchev–Trinajstić information content (AvgIpc) is 2.60. The number of nitrogens with zero attached hydrogens (tertiary/aromatic N) is 1. The number of hydrogen-bond donors (Lipinski definition) is 1. The lowest BCUT2D eigenvalue weighted by molar-refractivity contribution is -0.124. The van der Waals surface area contributed by atoms with E-state index in [0.717, 1.165) is 19.3 Å². The van der Waals surface area contributed by atoms with E-state index < -0.39 is 5.54 Å². The molecule has 1 amide bonds. The Morgan fingerprint density at radius 3 is 2.54 bits per heavy atom. The maximum atomic E-state index is 12.1. The van der Waals surface area contributed by atoms with E-state index in [4.69, 9.17) is 9.47 Å². The third-order valence-corrected chi connectivity index (χ3v) is 4.23. The van der Waals surface area contributed by atoms with Gasteiger partial charge in [0.1, 0.15) is 5.54 Å². The van der Waals surface area contributed by atoms with Gasteiger partial charge in [-0.25, -0.2) is 0 Å². The van der Waals surface area contributed by atoms with Crippen LogP contribution in [0.2, 0.25) is 0 Å². The molecule has 0 unspecified atom stereocenters. The molecule has 24 heavy (non-hydrogen) atoms. The van der Waals surface area contributed by atoms with E-state index in [-0.39, 0.29) is 18.3 Å². The second-order valence-electron chi connectivity index (χ2n) is 6.01. The summed E-state index contributed by atoms with van der Waals surface area (Å²) in [4.78, 5) is 23.5. The molecule has 1 N–H and O–H groups in total. The standard InChI is InChI=1S/C18H22N2O4/c1-13(21)14-6-7-15(16(10-14)23-2)24-11-17(22)20-18(12-19)8-4-3-5-9-18/h6-7,10H,3-5,8-9,11H2,1-2H3,(H,20,22). The van der Waals surface area contributed by atoms with Gasteiger partial charge in [0.2, 0.25) is 0 Å². The van der Waals surface area contributed by atoms with E-state index in [1.165, 1.54) is 14.0 Å². The zero-order valence-corrected chi connectivity index (χ0v) is 14.1. The number of ketones is 1. The molecule has 0 radical (unpaired) electrons. The molecule has 0 spiro atoms. The summed E-state index contributed by atoms with van der Waals surface area (Å²) in [5, 5.41) is 12.2. The fourth-order valence-corrected chi connectivity index (χ4v) is 2.87. The fraction of sp³-hybridized carbons (Fsp3) is 0.500. The molecule has 0 atom stereocenters. The summed E-state index contributed by atoms with van der Waals surface area (Å²) in [6.45, 7) is 1.26. The summed E-state index contributed by atoms with van der Waals surface area (Å²) in [6.07, 6.45) is 4.32. The number of methoxy groups -OCH3 is 1. The molecule has 0 bridgehead atoms. The summed E-state index contributed by atoms with van der Waals surface area (Å²) in [5.74, 6) is 0.359. The highest BCUT2D eigenvalue weighted by Gasteiger charge is 2.33. The lowest BCUT2D eigenvalue weighted by atomic mass is 9.83. The van der Waals surface area contributed by atoms with Crippen LogP contribution in [0.4, 0.5) is 0 Å². The minimum atomic E-state index is -0.777. The third-order valence-electron chi connectivity index (χ3n) is 4.23. The van der Waals surface area contributed by atoms with Crippen LogP contribution < -0.4 is 14.8 Å². The first-order valence-corrected chi connectivity index (χ1v) is 8.04. The molecule has 1 aliphatic carbocycles. The number of nitrogens with one attached hydrogen (secondary N) is 1. The van der Waals surface area contributed by atoms with Crippen molar-refractivity contribution in [3.8, 4) is 17.6 Å². The fourth-order valence-electron chi connectivity index (χ4n) is 2.87. The third kappa shape index (κ3) is 4.25. The molecule has 2 rings (SSSR count). The van der Waals surface area contributed by atoms with E-state index in [0.29, 0.717) is 29.9 Å². The topological polar surface area (TPSA) is 88.4 Å². The van der Waals surface area contributed by atoms with Crippen LogP contribution in [-0.2, 0) is 4.79 Å². The Kier molecular flexibility index (Phi) is 5.80. The average molecular weight is 330 g/mol. The quantitative estimate of drug-likeness (QED) is 0.810. The Labute approximate surface area is 141 Å². The molecular weight excluding hydrogens is 308 g/mol. The van der Waals surface area contributed by atoms with E-state index in [9.17, 15) is 14.9 Å². The van der Waals surface area contributed by atoms with E-state index in [2.05, 4.69) is 11.4 Å². The van der Waals surface area contributed by atoms with E-state index >= 15 is 0 Å². The van der Waals surface area contributed by atoms with Gasteiger partial charge in [0.25, 0.3) is 5.91 Å². The number of carbonyl (C=O) groups excluding carboxylic acids is 2. The lowest BCUT2D eigenvalue weighted by Crippen LogP contribution is -2.50. The number of ether oxygens (including phenoxy) is 2. The normalized spacial score (nSPS) is 15.9. The molecule has 1 aromatic rings. The minimum absolute atomic E-state index is 0.0779. The summed E-state index contributed by atoms with van der Waals surface area (Å²) in [6, 6.07) is 7.04. The van der Waals surface area contributed by atoms with Gasteiger partial charge in [0.15, 0.2) is 23.9 Å². The summed E-state index contributed by atoms with van der Waals surface area (Å²) in [5.41, 5.74) is -0.268. The van der Waals surface area contributed by atoms with E-state index in [1.54, 1.807) is 18.2 Å². The van der Waals surface area contributed by atoms with E-state index in [1.807, 2.05) is 0 Å². The van der Waals surface area contributed by atoms with Crippen molar-refractivity contribution < 1.29 is 19.1 Å². The number of amides is 1. The molecule has 1 aromatic carbocycles. The number of rotatable bonds is 6. The largest absolute Gasteiger partial charge is 0.493 e. The summed E-state index contributed by atoms with van der Waals surface area (Å²) in [7, 11) is 1.47. The van der Waals surface area contributed by atoms with Crippen molar-refractivity contribution >= 4 is 11.7 Å². The summed E-state index contributed by atoms with van der Waals surface area (Å²) >= 11 is 0. The zero-order valence-electron chi connectivity index (χ0n) is 14.1. The van der Waals surface area contributed by atoms with Gasteiger partial charge in [-0.3, -0.25) is 9.59 Å². The first kappa shape index (κ1) is 17.8. The Morgan fingerprint density at radius 2 is 1.96 bits per heavy atom. The van der Waals surface area contributed by atoms with Crippen LogP contribution in [0.1, 0.15) is 49.4 Å². The maximum absolute atomic E-state index is 12.1. The number of carbonyl (C=O) groups is 2. The minimum Gasteiger partial charge on any atom is -0.493 e. The predicted octanol–water partition coefficient (Wildman–Crippen LogP) is 2.62. The van der Waals surface area contributed by atoms with Crippen molar-refractivity contribution in [3.63, 3.8) is 0 Å². The summed E-state index contributed by atoms with van der Waals surface area (Å²) < 4.78 is 10.7. The van der Waals surface area contributed by atoms with Gasteiger partial charge >= 0.3 is 0 Å². The molecule has 6 nitrogen and oxygen atoms in total. The number of hydrogen-bond acceptors (Lipinski definition) is 5. The van der Waals surface area contributed by atoms with Crippen molar-refractivity contribution in [2.75, 3.05) is 13.7 Å². The van der Waals surface area contributed by atoms with Gasteiger partial charge in [-0.05, 0) is 38.0 Å². The van der Waals surface area contributed by atoms with Crippen LogP contribution >= 0.6 is 0 Å². The second kappa shape index (κ2) is 7.82. The molecule has 0 aromatic heterocycles. The van der Waals surface area contributed by atoms with Crippen LogP contribution in [0.15, 0.2) is 18.2 Å². The number of Topliss-reactive ketones (excluding diaryl/α,β-unsaturated/α-hetero) is 1. The highest BCUT2D eigenvalue weighted by Crippen LogP contribution is 2.29. The van der Waals surface area contributed by atoms with Gasteiger partial charge in [-0.2, -0.15) is 5.26 Å². The van der Waals surface area contributed by atoms with Crippen molar-refractivity contribution in [1.82, 2.24) is 5.32 Å². The van der Waals surface area contributed by atoms with Crippen LogP contribution in [0.3, 0.4) is 0 Å².